The maximum absolute atomic E-state index is 14.7. The molecule has 26 nitrogen and oxygen atoms in total. The maximum Gasteiger partial charge on any atom is 0.243 e. The first kappa shape index (κ1) is 73.2. The largest absolute Gasteiger partial charge is 0.508 e. The minimum Gasteiger partial charge on any atom is -0.508 e. The number of nitrogens with zero attached hydrogens (tertiary/aromatic N) is 1. The molecule has 1 saturated heterocycles. The minimum absolute atomic E-state index is 0.0502. The summed E-state index contributed by atoms with van der Waals surface area (Å²) in [6, 6.07) is 18.7. The van der Waals surface area contributed by atoms with E-state index < -0.39 is 151 Å². The highest BCUT2D eigenvalue weighted by Gasteiger charge is 2.40. The zero-order valence-electron chi connectivity index (χ0n) is 52.5. The standard InChI is InChI=1S/C66H89N13O13/c1-39(2)32-45(38-80)71-58(84)48(22-14-30-67)73-65(91)57(40(3)4)78-63(89)52(36-44-24-26-46(81)27-25-44)74-59(85)49(28-29-55(69)82)72-62(88)53(37-56(70)83)76-60(86)50(34-42-18-10-6-11-19-42)75-61(87)51(35-43-20-12-7-13-21-43)77-64(90)54-23-15-31-79(54)66(92)47(68)33-41-16-8-5-9-17-41/h5-13,16-21,24-27,38-40,45,47-54,57,81H,14-15,22-23,28-37,67-68H2,1-4H3,(H2,69,82)(H2,70,83)(H,71,84)(H,72,88)(H,73,91)(H,74,85)(H,75,87)(H,76,86)(H,77,90)(H,78,89)/t45-,47+,48-,49-,50+,51-,52-,53-,54-,57-/m0/s1. The van der Waals surface area contributed by atoms with Crippen molar-refractivity contribution in [1.82, 2.24) is 47.4 Å². The van der Waals surface area contributed by atoms with Gasteiger partial charge in [0.1, 0.15) is 60.4 Å². The number of hydrogen-bond donors (Lipinski definition) is 13. The van der Waals surface area contributed by atoms with E-state index in [2.05, 4.69) is 42.5 Å². The molecule has 17 N–H and O–H groups in total. The summed E-state index contributed by atoms with van der Waals surface area (Å²) >= 11 is 0. The minimum atomic E-state index is -1.85. The van der Waals surface area contributed by atoms with Gasteiger partial charge in [0.25, 0.3) is 0 Å². The Balaban J connectivity index is 1.40. The molecule has 5 rings (SSSR count). The highest BCUT2D eigenvalue weighted by molar-refractivity contribution is 6.00. The van der Waals surface area contributed by atoms with Crippen LogP contribution >= 0.6 is 0 Å². The molecular weight excluding hydrogens is 1180 g/mol. The van der Waals surface area contributed by atoms with Crippen molar-refractivity contribution in [2.75, 3.05) is 13.1 Å². The number of aldehydes is 1. The fourth-order valence-electron chi connectivity index (χ4n) is 10.6. The number of likely N-dealkylation sites (tertiary alicyclic amines) is 1. The van der Waals surface area contributed by atoms with Crippen LogP contribution in [-0.4, -0.2) is 155 Å². The first-order valence-electron chi connectivity index (χ1n) is 31.0. The van der Waals surface area contributed by atoms with Gasteiger partial charge in [-0.15, -0.1) is 0 Å². The van der Waals surface area contributed by atoms with Crippen LogP contribution in [0.25, 0.3) is 0 Å². The van der Waals surface area contributed by atoms with E-state index in [9.17, 15) is 62.6 Å². The lowest BCUT2D eigenvalue weighted by atomic mass is 9.99. The maximum atomic E-state index is 14.7. The Morgan fingerprint density at radius 1 is 0.533 bits per heavy atom. The van der Waals surface area contributed by atoms with E-state index in [1.165, 1.54) is 29.2 Å². The summed E-state index contributed by atoms with van der Waals surface area (Å²) in [5, 5.41) is 31.2. The van der Waals surface area contributed by atoms with Crippen molar-refractivity contribution in [3.05, 3.63) is 138 Å². The van der Waals surface area contributed by atoms with Gasteiger partial charge in [0, 0.05) is 32.2 Å². The van der Waals surface area contributed by atoms with Gasteiger partial charge in [-0.25, -0.2) is 0 Å². The number of rotatable bonds is 37. The number of nitrogens with two attached hydrogens (primary N) is 4. The van der Waals surface area contributed by atoms with Crippen molar-refractivity contribution in [2.24, 2.45) is 34.8 Å². The molecule has 11 amide bonds. The second-order valence-corrected chi connectivity index (χ2v) is 23.8. The van der Waals surface area contributed by atoms with Crippen LogP contribution in [0, 0.1) is 11.8 Å². The number of phenolic OH excluding ortho intramolecular Hbond substituents is 1. The van der Waals surface area contributed by atoms with Crippen LogP contribution in [0.5, 0.6) is 5.75 Å². The second kappa shape index (κ2) is 36.9. The Bertz CT molecular complexity index is 3140. The fourth-order valence-corrected chi connectivity index (χ4v) is 10.6. The zero-order valence-corrected chi connectivity index (χ0v) is 52.5. The molecule has 0 unspecified atom stereocenters. The number of benzene rings is 4. The molecule has 496 valence electrons. The predicted octanol–water partition coefficient (Wildman–Crippen LogP) is -0.360. The second-order valence-electron chi connectivity index (χ2n) is 23.8. The summed E-state index contributed by atoms with van der Waals surface area (Å²) in [6.07, 6.45) is -0.0864. The van der Waals surface area contributed by atoms with Gasteiger partial charge in [-0.05, 0) is 97.7 Å². The first-order valence-corrected chi connectivity index (χ1v) is 31.0. The fraction of sp³-hybridized carbons (Fsp3) is 0.455. The number of nitrogens with one attached hydrogen (secondary N) is 8. The Morgan fingerprint density at radius 3 is 1.46 bits per heavy atom. The number of primary amides is 2. The van der Waals surface area contributed by atoms with Gasteiger partial charge in [-0.2, -0.15) is 0 Å². The average molecular weight is 1270 g/mol. The van der Waals surface area contributed by atoms with Crippen LogP contribution in [0.2, 0.25) is 0 Å². The lowest BCUT2D eigenvalue weighted by Gasteiger charge is -2.29. The van der Waals surface area contributed by atoms with Gasteiger partial charge < -0.3 is 80.3 Å². The number of carbonyl (C=O) groups excluding carboxylic acids is 12. The van der Waals surface area contributed by atoms with Crippen LogP contribution in [0.4, 0.5) is 0 Å². The molecule has 92 heavy (non-hydrogen) atoms. The van der Waals surface area contributed by atoms with Gasteiger partial charge in [-0.1, -0.05) is 131 Å². The number of carbonyl (C=O) groups is 12. The Morgan fingerprint density at radius 2 is 0.967 bits per heavy atom. The van der Waals surface area contributed by atoms with E-state index in [1.807, 2.05) is 44.2 Å². The molecule has 0 aliphatic carbocycles. The number of aromatic hydroxyl groups is 1. The molecular formula is C66H89N13O13. The molecule has 26 heteroatoms. The van der Waals surface area contributed by atoms with Crippen molar-refractivity contribution in [3.8, 4) is 5.75 Å². The number of phenols is 1. The van der Waals surface area contributed by atoms with E-state index >= 15 is 0 Å². The predicted molar refractivity (Wildman–Crippen MR) is 341 cm³/mol. The monoisotopic (exact) mass is 1270 g/mol. The van der Waals surface area contributed by atoms with Crippen molar-refractivity contribution < 1.29 is 62.6 Å². The van der Waals surface area contributed by atoms with E-state index in [4.69, 9.17) is 22.9 Å². The lowest BCUT2D eigenvalue weighted by Crippen LogP contribution is -2.61. The van der Waals surface area contributed by atoms with Crippen molar-refractivity contribution in [1.29, 1.82) is 0 Å². The van der Waals surface area contributed by atoms with Crippen LogP contribution in [-0.2, 0) is 83.2 Å². The molecule has 4 aromatic rings. The summed E-state index contributed by atoms with van der Waals surface area (Å²) in [6.45, 7) is 7.41. The third-order valence-electron chi connectivity index (χ3n) is 15.4. The Hall–Kier alpha value is -9.56. The van der Waals surface area contributed by atoms with Gasteiger partial charge >= 0.3 is 0 Å². The quantitative estimate of drug-likeness (QED) is 0.0257. The molecule has 0 radical (unpaired) electrons. The molecule has 10 atom stereocenters. The lowest BCUT2D eigenvalue weighted by molar-refractivity contribution is -0.140. The highest BCUT2D eigenvalue weighted by Crippen LogP contribution is 2.21. The van der Waals surface area contributed by atoms with Gasteiger partial charge in [0.05, 0.1) is 18.5 Å². The van der Waals surface area contributed by atoms with Crippen molar-refractivity contribution in [3.63, 3.8) is 0 Å². The van der Waals surface area contributed by atoms with Crippen molar-refractivity contribution >= 4 is 71.3 Å². The smallest absolute Gasteiger partial charge is 0.243 e. The van der Waals surface area contributed by atoms with E-state index in [1.54, 1.807) is 74.5 Å². The van der Waals surface area contributed by atoms with Crippen molar-refractivity contribution in [2.45, 2.75) is 165 Å². The van der Waals surface area contributed by atoms with Gasteiger partial charge in [-0.3, -0.25) is 52.7 Å². The average Bonchev–Trinajstić information content (AvgIpc) is 1.86. The zero-order chi connectivity index (χ0) is 67.4. The molecule has 0 aromatic heterocycles. The Labute approximate surface area is 535 Å². The highest BCUT2D eigenvalue weighted by atomic mass is 16.3. The topological polar surface area (TPSA) is 429 Å². The molecule has 1 heterocycles. The summed E-state index contributed by atoms with van der Waals surface area (Å²) in [4.78, 5) is 167. The molecule has 0 bridgehead atoms. The molecule has 1 aliphatic rings. The first-order chi connectivity index (χ1) is 43.8. The van der Waals surface area contributed by atoms with Crippen LogP contribution in [0.3, 0.4) is 0 Å². The normalized spacial score (nSPS) is 15.7. The summed E-state index contributed by atoms with van der Waals surface area (Å²) in [7, 11) is 0. The van der Waals surface area contributed by atoms with Crippen LogP contribution < -0.4 is 65.5 Å². The summed E-state index contributed by atoms with van der Waals surface area (Å²) in [5.74, 6) is -10.2. The van der Waals surface area contributed by atoms with Crippen LogP contribution in [0.1, 0.15) is 101 Å². The van der Waals surface area contributed by atoms with Crippen LogP contribution in [0.15, 0.2) is 115 Å². The van der Waals surface area contributed by atoms with Gasteiger partial charge in [0.2, 0.25) is 65.0 Å². The van der Waals surface area contributed by atoms with E-state index in [-0.39, 0.29) is 63.3 Å². The number of hydrogen-bond acceptors (Lipinski definition) is 15. The third kappa shape index (κ3) is 24.0. The number of amides is 11. The Kier molecular flexibility index (Phi) is 29.4. The molecule has 1 aliphatic heterocycles. The summed E-state index contributed by atoms with van der Waals surface area (Å²) < 4.78 is 0. The third-order valence-corrected chi connectivity index (χ3v) is 15.4. The van der Waals surface area contributed by atoms with E-state index in [0.717, 1.165) is 5.56 Å². The molecule has 0 saturated carbocycles. The molecule has 1 fully saturated rings. The van der Waals surface area contributed by atoms with Gasteiger partial charge in [0.15, 0.2) is 0 Å². The summed E-state index contributed by atoms with van der Waals surface area (Å²) in [5.41, 5.74) is 25.7. The molecule has 0 spiro atoms. The van der Waals surface area contributed by atoms with E-state index in [0.29, 0.717) is 42.2 Å². The SMILES string of the molecule is CC(C)C[C@@H](C=O)NC(=O)[C@H](CCCN)NC(=O)[C@@H](NC(=O)[C@H](Cc1ccc(O)cc1)NC(=O)[C@H](CCC(N)=O)NC(=O)[C@H](CC(N)=O)NC(=O)[C@@H](Cc1ccccc1)NC(=O)[C@H](Cc1ccccc1)NC(=O)[C@@H]1CCCN1C(=O)[C@H](N)Cc1ccccc1)C(C)C. The molecule has 4 aromatic carbocycles.